The van der Waals surface area contributed by atoms with Crippen molar-refractivity contribution in [1.82, 2.24) is 10.7 Å². The van der Waals surface area contributed by atoms with E-state index in [1.54, 1.807) is 30.5 Å². The maximum atomic E-state index is 11.8. The molecule has 0 saturated carbocycles. The molecule has 0 spiro atoms. The van der Waals surface area contributed by atoms with Crippen molar-refractivity contribution >= 4 is 41.4 Å². The summed E-state index contributed by atoms with van der Waals surface area (Å²) in [5.41, 5.74) is 4.42. The van der Waals surface area contributed by atoms with Gasteiger partial charge in [0.1, 0.15) is 5.75 Å². The predicted molar refractivity (Wildman–Crippen MR) is 119 cm³/mol. The van der Waals surface area contributed by atoms with E-state index in [1.807, 2.05) is 38.1 Å². The van der Waals surface area contributed by atoms with Gasteiger partial charge in [-0.3, -0.25) is 9.59 Å². The fraction of sp³-hybridized carbons (Fsp3) is 0.286. The molecule has 0 aliphatic rings. The van der Waals surface area contributed by atoms with Crippen molar-refractivity contribution in [3.8, 4) is 5.75 Å². The van der Waals surface area contributed by atoms with Crippen LogP contribution in [0.5, 0.6) is 5.75 Å². The summed E-state index contributed by atoms with van der Waals surface area (Å²) in [6.45, 7) is 3.75. The molecule has 0 saturated heterocycles. The van der Waals surface area contributed by atoms with Gasteiger partial charge in [-0.1, -0.05) is 23.7 Å². The minimum Gasteiger partial charge on any atom is -0.484 e. The highest BCUT2D eigenvalue weighted by molar-refractivity contribution is 7.99. The predicted octanol–water partition coefficient (Wildman–Crippen LogP) is 3.63. The third-order valence-electron chi connectivity index (χ3n) is 3.52. The summed E-state index contributed by atoms with van der Waals surface area (Å²) in [5, 5.41) is 7.41. The molecule has 154 valence electrons. The molecule has 0 fully saturated rings. The van der Waals surface area contributed by atoms with Crippen molar-refractivity contribution in [3.63, 3.8) is 0 Å². The first kappa shape index (κ1) is 22.8. The number of hydrogen-bond donors (Lipinski definition) is 2. The second kappa shape index (κ2) is 12.1. The van der Waals surface area contributed by atoms with Crippen LogP contribution in [0.4, 0.5) is 0 Å². The zero-order valence-corrected chi connectivity index (χ0v) is 17.9. The Kier molecular flexibility index (Phi) is 9.53. The Bertz CT molecular complexity index is 824. The first-order valence-corrected chi connectivity index (χ1v) is 10.6. The highest BCUT2D eigenvalue weighted by atomic mass is 35.5. The Morgan fingerprint density at radius 3 is 2.45 bits per heavy atom. The van der Waals surface area contributed by atoms with Crippen LogP contribution in [0.1, 0.15) is 25.0 Å². The molecule has 2 N–H and O–H groups in total. The topological polar surface area (TPSA) is 79.8 Å². The Labute approximate surface area is 180 Å². The molecule has 0 unspecified atom stereocenters. The van der Waals surface area contributed by atoms with E-state index in [4.69, 9.17) is 16.3 Å². The van der Waals surface area contributed by atoms with Crippen molar-refractivity contribution < 1.29 is 14.3 Å². The Hall–Kier alpha value is -2.51. The first-order valence-electron chi connectivity index (χ1n) is 9.08. The summed E-state index contributed by atoms with van der Waals surface area (Å²) in [4.78, 5) is 23.4. The number of nitrogens with zero attached hydrogens (tertiary/aromatic N) is 1. The van der Waals surface area contributed by atoms with Gasteiger partial charge in [-0.25, -0.2) is 5.43 Å². The van der Waals surface area contributed by atoms with Crippen LogP contribution in [0.15, 0.2) is 53.6 Å². The van der Waals surface area contributed by atoms with Crippen molar-refractivity contribution in [1.29, 1.82) is 0 Å². The second-order valence-corrected chi connectivity index (χ2v) is 7.91. The van der Waals surface area contributed by atoms with Gasteiger partial charge < -0.3 is 10.1 Å². The highest BCUT2D eigenvalue weighted by Gasteiger charge is 2.04. The molecule has 0 atom stereocenters. The van der Waals surface area contributed by atoms with Crippen LogP contribution in [-0.4, -0.2) is 36.4 Å². The zero-order valence-electron chi connectivity index (χ0n) is 16.4. The number of hydrogen-bond acceptors (Lipinski definition) is 5. The molecule has 0 aromatic heterocycles. The largest absolute Gasteiger partial charge is 0.484 e. The smallest absolute Gasteiger partial charge is 0.258 e. The van der Waals surface area contributed by atoms with Crippen LogP contribution < -0.4 is 15.5 Å². The number of benzene rings is 2. The van der Waals surface area contributed by atoms with Gasteiger partial charge in [-0.15, -0.1) is 11.8 Å². The van der Waals surface area contributed by atoms with E-state index in [-0.39, 0.29) is 24.5 Å². The number of nitrogens with one attached hydrogen (secondary N) is 2. The van der Waals surface area contributed by atoms with E-state index in [2.05, 4.69) is 15.8 Å². The van der Waals surface area contributed by atoms with Gasteiger partial charge in [0.2, 0.25) is 5.91 Å². The molecule has 0 bridgehead atoms. The number of amides is 2. The number of rotatable bonds is 10. The normalized spacial score (nSPS) is 10.9. The molecule has 0 heterocycles. The van der Waals surface area contributed by atoms with E-state index < -0.39 is 0 Å². The quantitative estimate of drug-likeness (QED) is 0.443. The van der Waals surface area contributed by atoms with E-state index in [1.165, 1.54) is 11.8 Å². The standard InChI is InChI=1S/C21H24ClN3O3S/c1-15(2)24-20(26)12-28-19-9-5-16(6-10-19)11-23-25-21(27)14-29-13-17-3-7-18(22)8-4-17/h3-11,15H,12-14H2,1-2H3,(H,24,26)(H,25,27). The first-order chi connectivity index (χ1) is 13.9. The molecule has 0 aliphatic heterocycles. The van der Waals surface area contributed by atoms with E-state index >= 15 is 0 Å². The summed E-state index contributed by atoms with van der Waals surface area (Å²) >= 11 is 7.35. The zero-order chi connectivity index (χ0) is 21.1. The molecule has 0 radical (unpaired) electrons. The average Bonchev–Trinajstić information content (AvgIpc) is 2.68. The van der Waals surface area contributed by atoms with Crippen LogP contribution in [-0.2, 0) is 15.3 Å². The minimum atomic E-state index is -0.170. The van der Waals surface area contributed by atoms with E-state index in [9.17, 15) is 9.59 Å². The maximum absolute atomic E-state index is 11.8. The monoisotopic (exact) mass is 433 g/mol. The Morgan fingerprint density at radius 1 is 1.10 bits per heavy atom. The molecule has 2 rings (SSSR count). The van der Waals surface area contributed by atoms with Crippen LogP contribution >= 0.6 is 23.4 Å². The highest BCUT2D eigenvalue weighted by Crippen LogP contribution is 2.15. The van der Waals surface area contributed by atoms with Gasteiger partial charge in [0.05, 0.1) is 12.0 Å². The van der Waals surface area contributed by atoms with E-state index in [0.717, 1.165) is 16.9 Å². The molecular formula is C21H24ClN3O3S. The number of hydrazone groups is 1. The fourth-order valence-electron chi connectivity index (χ4n) is 2.22. The van der Waals surface area contributed by atoms with Crippen LogP contribution in [0, 0.1) is 0 Å². The molecule has 2 aromatic rings. The van der Waals surface area contributed by atoms with Crippen LogP contribution in [0.2, 0.25) is 5.02 Å². The minimum absolute atomic E-state index is 0.0324. The molecule has 29 heavy (non-hydrogen) atoms. The van der Waals surface area contributed by atoms with Gasteiger partial charge >= 0.3 is 0 Å². The van der Waals surface area contributed by atoms with Crippen molar-refractivity contribution in [2.75, 3.05) is 12.4 Å². The lowest BCUT2D eigenvalue weighted by atomic mass is 10.2. The summed E-state index contributed by atoms with van der Waals surface area (Å²) in [7, 11) is 0. The van der Waals surface area contributed by atoms with Crippen LogP contribution in [0.25, 0.3) is 0 Å². The van der Waals surface area contributed by atoms with E-state index in [0.29, 0.717) is 16.5 Å². The maximum Gasteiger partial charge on any atom is 0.258 e. The van der Waals surface area contributed by atoms with Gasteiger partial charge in [0.15, 0.2) is 6.61 Å². The summed E-state index contributed by atoms with van der Waals surface area (Å²) in [6, 6.07) is 14.7. The lowest BCUT2D eigenvalue weighted by Crippen LogP contribution is -2.34. The molecule has 2 aromatic carbocycles. The van der Waals surface area contributed by atoms with Gasteiger partial charge in [-0.2, -0.15) is 5.10 Å². The van der Waals surface area contributed by atoms with Gasteiger partial charge in [0, 0.05) is 16.8 Å². The van der Waals surface area contributed by atoms with Gasteiger partial charge in [-0.05, 0) is 61.4 Å². The number of carbonyl (C=O) groups excluding carboxylic acids is 2. The summed E-state index contributed by atoms with van der Waals surface area (Å²) in [5.74, 6) is 1.29. The average molecular weight is 434 g/mol. The molecule has 6 nitrogen and oxygen atoms in total. The number of carbonyl (C=O) groups is 2. The SMILES string of the molecule is CC(C)NC(=O)COc1ccc(C=NNC(=O)CSCc2ccc(Cl)cc2)cc1. The van der Waals surface area contributed by atoms with Crippen LogP contribution in [0.3, 0.4) is 0 Å². The summed E-state index contributed by atoms with van der Waals surface area (Å²) in [6.07, 6.45) is 1.55. The molecule has 8 heteroatoms. The molecule has 2 amide bonds. The third-order valence-corrected chi connectivity index (χ3v) is 4.77. The second-order valence-electron chi connectivity index (χ2n) is 6.49. The Morgan fingerprint density at radius 2 is 1.79 bits per heavy atom. The lowest BCUT2D eigenvalue weighted by Gasteiger charge is -2.09. The third kappa shape index (κ3) is 9.49. The molecule has 0 aliphatic carbocycles. The number of ether oxygens (including phenoxy) is 1. The number of halogens is 1. The lowest BCUT2D eigenvalue weighted by molar-refractivity contribution is -0.123. The fourth-order valence-corrected chi connectivity index (χ4v) is 3.12. The van der Waals surface area contributed by atoms with Crippen molar-refractivity contribution in [2.24, 2.45) is 5.10 Å². The van der Waals surface area contributed by atoms with Crippen molar-refractivity contribution in [2.45, 2.75) is 25.6 Å². The Balaban J connectivity index is 1.67. The number of thioether (sulfide) groups is 1. The van der Waals surface area contributed by atoms with Gasteiger partial charge in [0.25, 0.3) is 5.91 Å². The summed E-state index contributed by atoms with van der Waals surface area (Å²) < 4.78 is 5.42. The van der Waals surface area contributed by atoms with Crippen molar-refractivity contribution in [3.05, 3.63) is 64.7 Å². The molecular weight excluding hydrogens is 410 g/mol.